The smallest absolute Gasteiger partial charge is 0.257 e. The molecule has 0 spiro atoms. The van der Waals surface area contributed by atoms with Gasteiger partial charge in [-0.25, -0.2) is 4.39 Å². The first-order chi connectivity index (χ1) is 20.0. The highest BCUT2D eigenvalue weighted by molar-refractivity contribution is 5.97. The Labute approximate surface area is 243 Å². The molecule has 5 rings (SSSR count). The summed E-state index contributed by atoms with van der Waals surface area (Å²) in [6.45, 7) is 4.20. The van der Waals surface area contributed by atoms with E-state index in [4.69, 9.17) is 4.74 Å². The molecule has 3 aromatic rings. The number of halogens is 1. The van der Waals surface area contributed by atoms with Crippen LogP contribution in [-0.2, 0) is 16.6 Å². The van der Waals surface area contributed by atoms with Gasteiger partial charge in [0.05, 0.1) is 17.0 Å². The van der Waals surface area contributed by atoms with Gasteiger partial charge in [-0.05, 0) is 80.8 Å². The maximum absolute atomic E-state index is 14.8. The van der Waals surface area contributed by atoms with Crippen molar-refractivity contribution < 1.29 is 18.7 Å². The third-order valence-corrected chi connectivity index (χ3v) is 8.82. The van der Waals surface area contributed by atoms with Gasteiger partial charge >= 0.3 is 0 Å². The van der Waals surface area contributed by atoms with E-state index >= 15 is 0 Å². The fourth-order valence-electron chi connectivity index (χ4n) is 6.53. The van der Waals surface area contributed by atoms with Crippen molar-refractivity contribution in [3.05, 3.63) is 101 Å². The van der Waals surface area contributed by atoms with Gasteiger partial charge in [-0.15, -0.1) is 0 Å². The highest BCUT2D eigenvalue weighted by atomic mass is 19.1. The number of hydrogen-bond acceptors (Lipinski definition) is 3. The van der Waals surface area contributed by atoms with E-state index in [0.717, 1.165) is 56.1 Å². The number of carbonyl (C=O) groups excluding carboxylic acids is 2. The first kappa shape index (κ1) is 28.8. The Bertz CT molecular complexity index is 1300. The molecule has 2 aliphatic rings. The first-order valence-corrected chi connectivity index (χ1v) is 15.1. The number of benzene rings is 3. The molecule has 1 heterocycles. The van der Waals surface area contributed by atoms with Gasteiger partial charge in [-0.2, -0.15) is 0 Å². The van der Waals surface area contributed by atoms with E-state index in [1.54, 1.807) is 12.1 Å². The van der Waals surface area contributed by atoms with Crippen molar-refractivity contribution in [2.75, 3.05) is 26.2 Å². The van der Waals surface area contributed by atoms with Crippen molar-refractivity contribution in [2.24, 2.45) is 0 Å². The Hall–Kier alpha value is -3.67. The van der Waals surface area contributed by atoms with Gasteiger partial charge in [0.15, 0.2) is 0 Å². The van der Waals surface area contributed by atoms with Crippen LogP contribution in [0, 0.1) is 5.82 Å². The maximum atomic E-state index is 14.8. The Morgan fingerprint density at radius 2 is 1.56 bits per heavy atom. The molecule has 0 N–H and O–H groups in total. The van der Waals surface area contributed by atoms with Crippen molar-refractivity contribution in [1.82, 2.24) is 9.80 Å². The lowest BCUT2D eigenvalue weighted by Crippen LogP contribution is -2.53. The number of nitrogens with zero attached hydrogens (tertiary/aromatic N) is 2. The summed E-state index contributed by atoms with van der Waals surface area (Å²) >= 11 is 0. The van der Waals surface area contributed by atoms with Crippen LogP contribution >= 0.6 is 0 Å². The molecule has 3 aromatic carbocycles. The van der Waals surface area contributed by atoms with Crippen LogP contribution in [-0.4, -0.2) is 53.9 Å². The average molecular weight is 557 g/mol. The second-order valence-electron chi connectivity index (χ2n) is 11.4. The molecule has 0 radical (unpaired) electrons. The molecule has 6 heteroatoms. The minimum absolute atomic E-state index is 0.0175. The van der Waals surface area contributed by atoms with E-state index in [9.17, 15) is 14.0 Å². The van der Waals surface area contributed by atoms with Crippen molar-refractivity contribution in [3.8, 4) is 5.75 Å². The molecule has 5 nitrogen and oxygen atoms in total. The van der Waals surface area contributed by atoms with E-state index in [1.165, 1.54) is 12.1 Å². The Balaban J connectivity index is 1.53. The van der Waals surface area contributed by atoms with E-state index in [2.05, 4.69) is 17.0 Å². The molecule has 1 atom stereocenters. The maximum Gasteiger partial charge on any atom is 0.257 e. The average Bonchev–Trinajstić information content (AvgIpc) is 3.51. The van der Waals surface area contributed by atoms with Crippen LogP contribution in [0.25, 0.3) is 0 Å². The summed E-state index contributed by atoms with van der Waals surface area (Å²) in [5, 5.41) is 0. The van der Waals surface area contributed by atoms with Crippen LogP contribution in [0.3, 0.4) is 0 Å². The normalized spacial score (nSPS) is 19.9. The third kappa shape index (κ3) is 6.47. The minimum atomic E-state index is -0.663. The van der Waals surface area contributed by atoms with Crippen LogP contribution in [0.15, 0.2) is 78.9 Å². The summed E-state index contributed by atoms with van der Waals surface area (Å²) in [5.41, 5.74) is 1.93. The Morgan fingerprint density at radius 1 is 0.878 bits per heavy atom. The molecular weight excluding hydrogens is 515 g/mol. The number of amides is 2. The number of hydrogen-bond donors (Lipinski definition) is 0. The van der Waals surface area contributed by atoms with Gasteiger partial charge in [0.1, 0.15) is 18.2 Å². The molecule has 1 aliphatic carbocycles. The number of carbonyl (C=O) groups is 2. The quantitative estimate of drug-likeness (QED) is 0.347. The predicted molar refractivity (Wildman–Crippen MR) is 160 cm³/mol. The molecule has 1 saturated carbocycles. The zero-order chi connectivity index (χ0) is 28.7. The van der Waals surface area contributed by atoms with Crippen LogP contribution in [0.2, 0.25) is 0 Å². The van der Waals surface area contributed by atoms with Crippen molar-refractivity contribution in [1.29, 1.82) is 0 Å². The molecule has 0 bridgehead atoms. The lowest BCUT2D eigenvalue weighted by Gasteiger charge is -2.39. The monoisotopic (exact) mass is 556 g/mol. The Kier molecular flexibility index (Phi) is 9.38. The molecule has 0 aromatic heterocycles. The molecule has 1 fully saturated rings. The largest absolute Gasteiger partial charge is 0.491 e. The summed E-state index contributed by atoms with van der Waals surface area (Å²) in [6.07, 6.45) is 6.73. The van der Waals surface area contributed by atoms with Crippen LogP contribution in [0.5, 0.6) is 5.75 Å². The predicted octanol–water partition coefficient (Wildman–Crippen LogP) is 6.80. The lowest BCUT2D eigenvalue weighted by molar-refractivity contribution is -0.140. The second-order valence-corrected chi connectivity index (χ2v) is 11.4. The van der Waals surface area contributed by atoms with E-state index in [1.807, 2.05) is 54.3 Å². The molecule has 216 valence electrons. The highest BCUT2D eigenvalue weighted by Crippen LogP contribution is 2.43. The third-order valence-electron chi connectivity index (χ3n) is 8.82. The van der Waals surface area contributed by atoms with E-state index in [-0.39, 0.29) is 30.3 Å². The standard InChI is InChI=1S/C35H41FN2O3/c1-2-37-23-11-4-12-24-38(34(40)35(21-9-10-22-35)28-17-19-29(36)20-18-28)30(25-27-13-5-3-6-14-27)26-41-32-16-8-7-15-31(32)33(37)39/h3,5-8,13-20,30H,2,4,9-12,21-26H2,1H3/t30-/m1/s1. The van der Waals surface area contributed by atoms with Gasteiger partial charge in [0.2, 0.25) is 5.91 Å². The van der Waals surface area contributed by atoms with Crippen molar-refractivity contribution in [2.45, 2.75) is 69.7 Å². The van der Waals surface area contributed by atoms with Crippen LogP contribution in [0.4, 0.5) is 4.39 Å². The number of ether oxygens (including phenoxy) is 1. The summed E-state index contributed by atoms with van der Waals surface area (Å²) in [7, 11) is 0. The lowest BCUT2D eigenvalue weighted by atomic mass is 9.77. The summed E-state index contributed by atoms with van der Waals surface area (Å²) in [5.74, 6) is 0.354. The number of rotatable bonds is 5. The number of para-hydroxylation sites is 1. The molecule has 2 amide bonds. The molecule has 41 heavy (non-hydrogen) atoms. The first-order valence-electron chi connectivity index (χ1n) is 15.1. The molecule has 1 aliphatic heterocycles. The van der Waals surface area contributed by atoms with E-state index in [0.29, 0.717) is 37.4 Å². The molecule has 0 unspecified atom stereocenters. The van der Waals surface area contributed by atoms with Crippen molar-refractivity contribution in [3.63, 3.8) is 0 Å². The topological polar surface area (TPSA) is 49.9 Å². The summed E-state index contributed by atoms with van der Waals surface area (Å²) in [6, 6.07) is 24.0. The van der Waals surface area contributed by atoms with Gasteiger partial charge in [-0.3, -0.25) is 9.59 Å². The minimum Gasteiger partial charge on any atom is -0.491 e. The summed E-state index contributed by atoms with van der Waals surface area (Å²) < 4.78 is 20.4. The van der Waals surface area contributed by atoms with Gasteiger partial charge < -0.3 is 14.5 Å². The zero-order valence-corrected chi connectivity index (χ0v) is 24.1. The molecule has 0 saturated heterocycles. The second kappa shape index (κ2) is 13.3. The fourth-order valence-corrected chi connectivity index (χ4v) is 6.53. The fraction of sp³-hybridized carbons (Fsp3) is 0.429. The van der Waals surface area contributed by atoms with Crippen molar-refractivity contribution >= 4 is 11.8 Å². The highest BCUT2D eigenvalue weighted by Gasteiger charge is 2.46. The zero-order valence-electron chi connectivity index (χ0n) is 24.1. The van der Waals surface area contributed by atoms with Gasteiger partial charge in [0, 0.05) is 19.6 Å². The van der Waals surface area contributed by atoms with Crippen LogP contribution < -0.4 is 4.74 Å². The number of fused-ring (bicyclic) bond motifs is 1. The SMILES string of the molecule is CCN1CCCCCN(C(=O)C2(c3ccc(F)cc3)CCCC2)[C@H](Cc2ccccc2)COc2ccccc2C1=O. The summed E-state index contributed by atoms with van der Waals surface area (Å²) in [4.78, 5) is 32.2. The van der Waals surface area contributed by atoms with E-state index < -0.39 is 5.41 Å². The van der Waals surface area contributed by atoms with Gasteiger partial charge in [-0.1, -0.05) is 67.4 Å². The van der Waals surface area contributed by atoms with Crippen LogP contribution in [0.1, 0.15) is 73.4 Å². The Morgan fingerprint density at radius 3 is 2.29 bits per heavy atom. The van der Waals surface area contributed by atoms with Gasteiger partial charge in [0.25, 0.3) is 5.91 Å². The molecular formula is C35H41FN2O3.